The maximum atomic E-state index is 12.7. The standard InChI is InChI=1S/C25H28N2O5/c1-15-11-12-27(22(15)24(29)30)23(28)16(2)13-26-25(31)32-14-21-19-9-5-3-7-17(19)18-8-4-6-10-20(18)21/h3-10,15-16,21-22H,11-14H2,1-2H3,(H,26,31)(H,29,30). The number of alkyl carbamates (subject to hydrolysis) is 1. The van der Waals surface area contributed by atoms with Gasteiger partial charge in [-0.15, -0.1) is 0 Å². The molecule has 7 heteroatoms. The van der Waals surface area contributed by atoms with Crippen molar-refractivity contribution < 1.29 is 24.2 Å². The Hall–Kier alpha value is -3.35. The fourth-order valence-electron chi connectivity index (χ4n) is 4.83. The number of hydrogen-bond acceptors (Lipinski definition) is 4. The minimum absolute atomic E-state index is 0.0328. The number of benzene rings is 2. The predicted octanol–water partition coefficient (Wildman–Crippen LogP) is 3.48. The number of ether oxygens (including phenoxy) is 1. The van der Waals surface area contributed by atoms with Crippen molar-refractivity contribution in [1.82, 2.24) is 10.2 Å². The van der Waals surface area contributed by atoms with Gasteiger partial charge in [-0.1, -0.05) is 62.4 Å². The number of carboxylic acid groups (broad SMARTS) is 1. The molecule has 1 aliphatic heterocycles. The average Bonchev–Trinajstić information content (AvgIpc) is 3.33. The van der Waals surface area contributed by atoms with Crippen molar-refractivity contribution in [1.29, 1.82) is 0 Å². The second-order valence-electron chi connectivity index (χ2n) is 8.69. The highest BCUT2D eigenvalue weighted by Gasteiger charge is 2.40. The Morgan fingerprint density at radius 3 is 2.28 bits per heavy atom. The summed E-state index contributed by atoms with van der Waals surface area (Å²) in [5, 5.41) is 12.1. The van der Waals surface area contributed by atoms with Crippen LogP contribution in [0, 0.1) is 11.8 Å². The summed E-state index contributed by atoms with van der Waals surface area (Å²) in [7, 11) is 0. The van der Waals surface area contributed by atoms with Gasteiger partial charge in [-0.3, -0.25) is 4.79 Å². The molecule has 0 aromatic heterocycles. The van der Waals surface area contributed by atoms with E-state index in [9.17, 15) is 19.5 Å². The summed E-state index contributed by atoms with van der Waals surface area (Å²) in [5.41, 5.74) is 4.58. The summed E-state index contributed by atoms with van der Waals surface area (Å²) in [6.45, 7) is 4.24. The van der Waals surface area contributed by atoms with Crippen LogP contribution >= 0.6 is 0 Å². The number of likely N-dealkylation sites (tertiary alicyclic amines) is 1. The van der Waals surface area contributed by atoms with Crippen LogP contribution in [0.2, 0.25) is 0 Å². The van der Waals surface area contributed by atoms with Crippen LogP contribution in [0.25, 0.3) is 11.1 Å². The van der Waals surface area contributed by atoms with Gasteiger partial charge in [0, 0.05) is 19.0 Å². The Morgan fingerprint density at radius 1 is 1.09 bits per heavy atom. The van der Waals surface area contributed by atoms with Crippen LogP contribution < -0.4 is 5.32 Å². The van der Waals surface area contributed by atoms with E-state index in [-0.39, 0.29) is 30.9 Å². The van der Waals surface area contributed by atoms with Crippen LogP contribution in [0.5, 0.6) is 0 Å². The van der Waals surface area contributed by atoms with Gasteiger partial charge in [-0.2, -0.15) is 0 Å². The summed E-state index contributed by atoms with van der Waals surface area (Å²) < 4.78 is 5.50. The number of nitrogens with one attached hydrogen (secondary N) is 1. The smallest absolute Gasteiger partial charge is 0.407 e. The molecule has 2 aromatic carbocycles. The van der Waals surface area contributed by atoms with Crippen LogP contribution in [0.3, 0.4) is 0 Å². The highest BCUT2D eigenvalue weighted by atomic mass is 16.5. The van der Waals surface area contributed by atoms with E-state index in [0.717, 1.165) is 22.3 Å². The number of rotatable bonds is 6. The molecule has 3 unspecified atom stereocenters. The van der Waals surface area contributed by atoms with E-state index in [1.165, 1.54) is 4.90 Å². The molecule has 7 nitrogen and oxygen atoms in total. The molecule has 2 amide bonds. The van der Waals surface area contributed by atoms with Gasteiger partial charge in [0.2, 0.25) is 5.91 Å². The highest BCUT2D eigenvalue weighted by molar-refractivity contribution is 5.86. The van der Waals surface area contributed by atoms with Crippen molar-refractivity contribution in [3.05, 3.63) is 59.7 Å². The van der Waals surface area contributed by atoms with Crippen molar-refractivity contribution >= 4 is 18.0 Å². The van der Waals surface area contributed by atoms with Gasteiger partial charge in [-0.05, 0) is 34.6 Å². The lowest BCUT2D eigenvalue weighted by molar-refractivity contribution is -0.150. The van der Waals surface area contributed by atoms with Crippen LogP contribution in [-0.4, -0.2) is 53.7 Å². The highest BCUT2D eigenvalue weighted by Crippen LogP contribution is 2.44. The maximum Gasteiger partial charge on any atom is 0.407 e. The molecule has 1 fully saturated rings. The number of carbonyl (C=O) groups is 3. The number of fused-ring (bicyclic) bond motifs is 3. The summed E-state index contributed by atoms with van der Waals surface area (Å²) >= 11 is 0. The lowest BCUT2D eigenvalue weighted by atomic mass is 9.98. The maximum absolute atomic E-state index is 12.7. The van der Waals surface area contributed by atoms with Gasteiger partial charge < -0.3 is 20.1 Å². The lowest BCUT2D eigenvalue weighted by Crippen LogP contribution is -2.47. The van der Waals surface area contributed by atoms with Gasteiger partial charge in [0.1, 0.15) is 12.6 Å². The van der Waals surface area contributed by atoms with Crippen LogP contribution in [0.15, 0.2) is 48.5 Å². The molecule has 1 saturated heterocycles. The minimum Gasteiger partial charge on any atom is -0.480 e. The van der Waals surface area contributed by atoms with E-state index >= 15 is 0 Å². The number of carboxylic acids is 1. The molecule has 0 bridgehead atoms. The normalized spacial score (nSPS) is 20.4. The van der Waals surface area contributed by atoms with Crippen molar-refractivity contribution in [3.8, 4) is 11.1 Å². The number of aliphatic carboxylic acids is 1. The fourth-order valence-corrected chi connectivity index (χ4v) is 4.83. The predicted molar refractivity (Wildman–Crippen MR) is 119 cm³/mol. The van der Waals surface area contributed by atoms with Gasteiger partial charge in [0.05, 0.1) is 5.92 Å². The van der Waals surface area contributed by atoms with Crippen molar-refractivity contribution in [2.75, 3.05) is 19.7 Å². The average molecular weight is 437 g/mol. The number of amides is 2. The van der Waals surface area contributed by atoms with Crippen LogP contribution in [-0.2, 0) is 14.3 Å². The Labute approximate surface area is 187 Å². The topological polar surface area (TPSA) is 95.9 Å². The quantitative estimate of drug-likeness (QED) is 0.723. The lowest BCUT2D eigenvalue weighted by Gasteiger charge is -2.26. The molecule has 0 radical (unpaired) electrons. The third kappa shape index (κ3) is 4.07. The van der Waals surface area contributed by atoms with Crippen LogP contribution in [0.1, 0.15) is 37.3 Å². The molecule has 4 rings (SSSR count). The van der Waals surface area contributed by atoms with Gasteiger partial charge >= 0.3 is 12.1 Å². The van der Waals surface area contributed by atoms with Gasteiger partial charge in [0.25, 0.3) is 0 Å². The molecular weight excluding hydrogens is 408 g/mol. The first kappa shape index (κ1) is 21.9. The molecule has 2 N–H and O–H groups in total. The minimum atomic E-state index is -0.986. The molecule has 0 saturated carbocycles. The van der Waals surface area contributed by atoms with Gasteiger partial charge in [0.15, 0.2) is 0 Å². The molecule has 2 aromatic rings. The van der Waals surface area contributed by atoms with Gasteiger partial charge in [-0.25, -0.2) is 9.59 Å². The molecule has 1 heterocycles. The first-order chi connectivity index (χ1) is 15.4. The number of hydrogen-bond donors (Lipinski definition) is 2. The van der Waals surface area contributed by atoms with E-state index in [4.69, 9.17) is 4.74 Å². The second kappa shape index (κ2) is 9.02. The summed E-state index contributed by atoms with van der Waals surface area (Å²) in [6, 6.07) is 15.4. The van der Waals surface area contributed by atoms with Crippen LogP contribution in [0.4, 0.5) is 4.79 Å². The Balaban J connectivity index is 1.32. The first-order valence-corrected chi connectivity index (χ1v) is 11.0. The SMILES string of the molecule is CC(CNC(=O)OCC1c2ccccc2-c2ccccc21)C(=O)N1CCC(C)C1C(=O)O. The summed E-state index contributed by atoms with van der Waals surface area (Å²) in [5.74, 6) is -1.91. The number of carbonyl (C=O) groups excluding carboxylic acids is 2. The van der Waals surface area contributed by atoms with E-state index < -0.39 is 24.0 Å². The number of nitrogens with zero attached hydrogens (tertiary/aromatic N) is 1. The Morgan fingerprint density at radius 2 is 1.69 bits per heavy atom. The zero-order valence-corrected chi connectivity index (χ0v) is 18.3. The molecule has 1 aliphatic carbocycles. The van der Waals surface area contributed by atoms with Crippen molar-refractivity contribution in [2.24, 2.45) is 11.8 Å². The molecule has 3 atom stereocenters. The third-order valence-corrected chi connectivity index (χ3v) is 6.55. The zero-order valence-electron chi connectivity index (χ0n) is 18.3. The Kier molecular flexibility index (Phi) is 6.17. The van der Waals surface area contributed by atoms with E-state index in [0.29, 0.717) is 13.0 Å². The summed E-state index contributed by atoms with van der Waals surface area (Å²) in [6.07, 6.45) is 0.0750. The fraction of sp³-hybridized carbons (Fsp3) is 0.400. The zero-order chi connectivity index (χ0) is 22.8. The largest absolute Gasteiger partial charge is 0.480 e. The first-order valence-electron chi connectivity index (χ1n) is 11.0. The summed E-state index contributed by atoms with van der Waals surface area (Å²) in [4.78, 5) is 38.0. The molecule has 32 heavy (non-hydrogen) atoms. The molecule has 0 spiro atoms. The molecule has 2 aliphatic rings. The van der Waals surface area contributed by atoms with E-state index in [2.05, 4.69) is 29.6 Å². The van der Waals surface area contributed by atoms with Crippen molar-refractivity contribution in [2.45, 2.75) is 32.2 Å². The second-order valence-corrected chi connectivity index (χ2v) is 8.69. The third-order valence-electron chi connectivity index (χ3n) is 6.55. The Bertz CT molecular complexity index is 991. The molecular formula is C25H28N2O5. The monoisotopic (exact) mass is 436 g/mol. The van der Waals surface area contributed by atoms with E-state index in [1.807, 2.05) is 31.2 Å². The molecule has 168 valence electrons. The van der Waals surface area contributed by atoms with Crippen molar-refractivity contribution in [3.63, 3.8) is 0 Å². The van der Waals surface area contributed by atoms with E-state index in [1.54, 1.807) is 6.92 Å².